The first-order valence-corrected chi connectivity index (χ1v) is 9.67. The number of furan rings is 1. The second-order valence-corrected chi connectivity index (χ2v) is 7.07. The van der Waals surface area contributed by atoms with Gasteiger partial charge in [-0.3, -0.25) is 4.79 Å². The van der Waals surface area contributed by atoms with Crippen molar-refractivity contribution in [2.75, 3.05) is 31.1 Å². The Balaban J connectivity index is 1.32. The van der Waals surface area contributed by atoms with Crippen LogP contribution in [-0.2, 0) is 6.61 Å². The summed E-state index contributed by atoms with van der Waals surface area (Å²) in [4.78, 5) is 16.9. The van der Waals surface area contributed by atoms with Crippen LogP contribution in [0.1, 0.15) is 21.9 Å². The predicted molar refractivity (Wildman–Crippen MR) is 109 cm³/mol. The van der Waals surface area contributed by atoms with Crippen molar-refractivity contribution in [1.29, 1.82) is 0 Å². The van der Waals surface area contributed by atoms with Crippen molar-refractivity contribution >= 4 is 11.6 Å². The van der Waals surface area contributed by atoms with Gasteiger partial charge in [-0.1, -0.05) is 18.2 Å². The van der Waals surface area contributed by atoms with Crippen molar-refractivity contribution < 1.29 is 18.3 Å². The van der Waals surface area contributed by atoms with Gasteiger partial charge in [0.15, 0.2) is 5.76 Å². The van der Waals surface area contributed by atoms with Gasteiger partial charge in [0.05, 0.1) is 0 Å². The smallest absolute Gasteiger partial charge is 0.289 e. The van der Waals surface area contributed by atoms with Crippen LogP contribution in [0, 0.1) is 12.7 Å². The van der Waals surface area contributed by atoms with E-state index in [9.17, 15) is 9.18 Å². The summed E-state index contributed by atoms with van der Waals surface area (Å²) in [6.45, 7) is 5.16. The molecule has 4 rings (SSSR count). The van der Waals surface area contributed by atoms with Crippen molar-refractivity contribution in [3.05, 3.63) is 83.6 Å². The van der Waals surface area contributed by atoms with E-state index in [2.05, 4.69) is 24.0 Å². The lowest BCUT2D eigenvalue weighted by Gasteiger charge is -2.36. The monoisotopic (exact) mass is 394 g/mol. The lowest BCUT2D eigenvalue weighted by molar-refractivity contribution is 0.0710. The summed E-state index contributed by atoms with van der Waals surface area (Å²) in [5.41, 5.74) is 2.46. The van der Waals surface area contributed by atoms with E-state index in [1.165, 1.54) is 23.4 Å². The van der Waals surface area contributed by atoms with Crippen LogP contribution in [0.25, 0.3) is 0 Å². The molecule has 3 aromatic rings. The lowest BCUT2D eigenvalue weighted by Crippen LogP contribution is -2.48. The molecule has 0 bridgehead atoms. The third-order valence-electron chi connectivity index (χ3n) is 5.09. The molecule has 6 heteroatoms. The minimum absolute atomic E-state index is 0.109. The molecule has 150 valence electrons. The van der Waals surface area contributed by atoms with Crippen LogP contribution < -0.4 is 9.64 Å². The molecule has 0 unspecified atom stereocenters. The molecule has 29 heavy (non-hydrogen) atoms. The Kier molecular flexibility index (Phi) is 5.51. The van der Waals surface area contributed by atoms with Crippen LogP contribution in [0.15, 0.2) is 65.1 Å². The summed E-state index contributed by atoms with van der Waals surface area (Å²) in [5, 5.41) is 0. The van der Waals surface area contributed by atoms with Crippen molar-refractivity contribution in [3.63, 3.8) is 0 Å². The van der Waals surface area contributed by atoms with Crippen molar-refractivity contribution in [2.45, 2.75) is 13.5 Å². The van der Waals surface area contributed by atoms with Gasteiger partial charge in [0, 0.05) is 31.9 Å². The highest BCUT2D eigenvalue weighted by molar-refractivity contribution is 5.91. The minimum Gasteiger partial charge on any atom is -0.486 e. The lowest BCUT2D eigenvalue weighted by atomic mass is 10.1. The van der Waals surface area contributed by atoms with Gasteiger partial charge in [0.2, 0.25) is 0 Å². The number of amides is 1. The maximum absolute atomic E-state index is 12.9. The predicted octanol–water partition coefficient (Wildman–Crippen LogP) is 4.27. The van der Waals surface area contributed by atoms with Gasteiger partial charge in [-0.05, 0) is 55.0 Å². The largest absolute Gasteiger partial charge is 0.486 e. The SMILES string of the molecule is Cc1ccccc1N1CCN(C(=O)c2ccc(COc3ccc(F)cc3)o2)CC1. The van der Waals surface area contributed by atoms with Crippen molar-refractivity contribution in [1.82, 2.24) is 4.90 Å². The Morgan fingerprint density at radius 1 is 1.00 bits per heavy atom. The number of ether oxygens (including phenoxy) is 1. The van der Waals surface area contributed by atoms with Crippen LogP contribution >= 0.6 is 0 Å². The summed E-state index contributed by atoms with van der Waals surface area (Å²) in [6.07, 6.45) is 0. The highest BCUT2D eigenvalue weighted by Gasteiger charge is 2.25. The van der Waals surface area contributed by atoms with Gasteiger partial charge in [-0.15, -0.1) is 0 Å². The maximum atomic E-state index is 12.9. The van der Waals surface area contributed by atoms with Crippen LogP contribution in [-0.4, -0.2) is 37.0 Å². The molecule has 2 heterocycles. The van der Waals surface area contributed by atoms with Gasteiger partial charge >= 0.3 is 0 Å². The number of benzene rings is 2. The Bertz CT molecular complexity index is 976. The van der Waals surface area contributed by atoms with E-state index >= 15 is 0 Å². The second-order valence-electron chi connectivity index (χ2n) is 7.07. The zero-order valence-electron chi connectivity index (χ0n) is 16.3. The van der Waals surface area contributed by atoms with Gasteiger partial charge in [0.25, 0.3) is 5.91 Å². The first kappa shape index (κ1) is 19.1. The summed E-state index contributed by atoms with van der Waals surface area (Å²) < 4.78 is 24.2. The van der Waals surface area contributed by atoms with Crippen molar-refractivity contribution in [3.8, 4) is 5.75 Å². The van der Waals surface area contributed by atoms with Gasteiger partial charge in [0.1, 0.15) is 23.9 Å². The van der Waals surface area contributed by atoms with Crippen LogP contribution in [0.2, 0.25) is 0 Å². The molecule has 1 aliphatic heterocycles. The highest BCUT2D eigenvalue weighted by Crippen LogP contribution is 2.22. The summed E-state index contributed by atoms with van der Waals surface area (Å²) in [6, 6.07) is 17.5. The fourth-order valence-electron chi connectivity index (χ4n) is 3.48. The number of hydrogen-bond acceptors (Lipinski definition) is 4. The number of para-hydroxylation sites is 1. The first-order valence-electron chi connectivity index (χ1n) is 9.67. The number of carbonyl (C=O) groups excluding carboxylic acids is 1. The number of nitrogens with zero attached hydrogens (tertiary/aromatic N) is 2. The maximum Gasteiger partial charge on any atom is 0.289 e. The molecule has 0 aliphatic carbocycles. The summed E-state index contributed by atoms with van der Waals surface area (Å²) in [5.74, 6) is 0.986. The normalized spacial score (nSPS) is 14.1. The number of halogens is 1. The second kappa shape index (κ2) is 8.39. The third kappa shape index (κ3) is 4.42. The van der Waals surface area contributed by atoms with E-state index in [1.54, 1.807) is 24.3 Å². The molecule has 1 fully saturated rings. The molecule has 1 aliphatic rings. The molecule has 0 radical (unpaired) electrons. The molecule has 5 nitrogen and oxygen atoms in total. The van der Waals surface area contributed by atoms with E-state index in [-0.39, 0.29) is 18.3 Å². The van der Waals surface area contributed by atoms with Gasteiger partial charge < -0.3 is 19.0 Å². The molecule has 1 saturated heterocycles. The number of anilines is 1. The van der Waals surface area contributed by atoms with E-state index < -0.39 is 0 Å². The molecular weight excluding hydrogens is 371 g/mol. The fraction of sp³-hybridized carbons (Fsp3) is 0.261. The van der Waals surface area contributed by atoms with E-state index in [0.717, 1.165) is 13.1 Å². The van der Waals surface area contributed by atoms with Crippen LogP contribution in [0.4, 0.5) is 10.1 Å². The minimum atomic E-state index is -0.314. The molecule has 0 N–H and O–H groups in total. The Hall–Kier alpha value is -3.28. The number of hydrogen-bond donors (Lipinski definition) is 0. The molecule has 2 aromatic carbocycles. The third-order valence-corrected chi connectivity index (χ3v) is 5.09. The molecule has 0 atom stereocenters. The standard InChI is InChI=1S/C23H23FN2O3/c1-17-4-2-3-5-21(17)25-12-14-26(15-13-25)23(27)22-11-10-20(29-22)16-28-19-8-6-18(24)7-9-19/h2-11H,12-16H2,1H3. The van der Waals surface area contributed by atoms with E-state index in [0.29, 0.717) is 30.4 Å². The number of carbonyl (C=O) groups is 1. The average molecular weight is 394 g/mol. The zero-order chi connectivity index (χ0) is 20.2. The van der Waals surface area contributed by atoms with Gasteiger partial charge in [-0.25, -0.2) is 4.39 Å². The van der Waals surface area contributed by atoms with E-state index in [4.69, 9.17) is 9.15 Å². The molecule has 1 amide bonds. The van der Waals surface area contributed by atoms with E-state index in [1.807, 2.05) is 17.0 Å². The topological polar surface area (TPSA) is 45.9 Å². The quantitative estimate of drug-likeness (QED) is 0.648. The number of aryl methyl sites for hydroxylation is 1. The van der Waals surface area contributed by atoms with Crippen molar-refractivity contribution in [2.24, 2.45) is 0 Å². The Labute approximate surface area is 169 Å². The molecular formula is C23H23FN2O3. The zero-order valence-corrected chi connectivity index (χ0v) is 16.3. The average Bonchev–Trinajstić information content (AvgIpc) is 3.22. The summed E-state index contributed by atoms with van der Waals surface area (Å²) in [7, 11) is 0. The Morgan fingerprint density at radius 2 is 1.72 bits per heavy atom. The molecule has 1 aromatic heterocycles. The Morgan fingerprint density at radius 3 is 2.45 bits per heavy atom. The van der Waals surface area contributed by atoms with Crippen LogP contribution in [0.5, 0.6) is 5.75 Å². The number of piperazine rings is 1. The fourth-order valence-corrected chi connectivity index (χ4v) is 3.48. The molecule has 0 spiro atoms. The highest BCUT2D eigenvalue weighted by atomic mass is 19.1. The number of rotatable bonds is 5. The molecule has 0 saturated carbocycles. The van der Waals surface area contributed by atoms with Gasteiger partial charge in [-0.2, -0.15) is 0 Å². The summed E-state index contributed by atoms with van der Waals surface area (Å²) >= 11 is 0. The van der Waals surface area contributed by atoms with Crippen LogP contribution in [0.3, 0.4) is 0 Å². The first-order chi connectivity index (χ1) is 14.1.